The molecule has 3 heterocycles. The van der Waals surface area contributed by atoms with Gasteiger partial charge in [0.15, 0.2) is 17.3 Å². The van der Waals surface area contributed by atoms with Crippen molar-refractivity contribution < 1.29 is 33.4 Å². The Labute approximate surface area is 183 Å². The van der Waals surface area contributed by atoms with Crippen LogP contribution in [0.15, 0.2) is 36.5 Å². The third-order valence-electron chi connectivity index (χ3n) is 5.55. The molecule has 2 aliphatic rings. The molecule has 2 saturated heterocycles. The summed E-state index contributed by atoms with van der Waals surface area (Å²) in [6, 6.07) is 7.48. The number of benzene rings is 1. The summed E-state index contributed by atoms with van der Waals surface area (Å²) >= 11 is 0. The maximum absolute atomic E-state index is 14.5. The van der Waals surface area contributed by atoms with Gasteiger partial charge in [0.25, 0.3) is 5.91 Å². The Kier molecular flexibility index (Phi) is 5.90. The molecule has 0 unspecified atom stereocenters. The van der Waals surface area contributed by atoms with E-state index in [-0.39, 0.29) is 13.0 Å². The molecular formula is C22H22FN3O6. The highest BCUT2D eigenvalue weighted by Crippen LogP contribution is 2.34. The van der Waals surface area contributed by atoms with E-state index >= 15 is 0 Å². The van der Waals surface area contributed by atoms with Crippen LogP contribution in [0.4, 0.5) is 4.39 Å². The van der Waals surface area contributed by atoms with Crippen molar-refractivity contribution in [3.05, 3.63) is 53.6 Å². The van der Waals surface area contributed by atoms with Crippen LogP contribution in [0.3, 0.4) is 0 Å². The van der Waals surface area contributed by atoms with Gasteiger partial charge in [0.2, 0.25) is 5.91 Å². The van der Waals surface area contributed by atoms with Crippen molar-refractivity contribution in [3.63, 3.8) is 0 Å². The molecule has 0 aliphatic carbocycles. The molecule has 0 saturated carbocycles. The number of aryl methyl sites for hydroxylation is 1. The number of nitrogens with zero attached hydrogens (tertiary/aromatic N) is 2. The van der Waals surface area contributed by atoms with Crippen molar-refractivity contribution >= 4 is 17.8 Å². The van der Waals surface area contributed by atoms with Gasteiger partial charge in [0.05, 0.1) is 26.3 Å². The molecule has 32 heavy (non-hydrogen) atoms. The standard InChI is InChI=1S/C22H22FN3O6/c1-13-2-4-14(5-3-13)15-8-16(23)19(24-10-15)20(28)25-11-18(27)26-12-22(31-6-7-32-22)9-17(26)21(29)30/h2-5,8,10,17H,6-7,9,11-12H2,1H3,(H,25,28)(H,29,30)/t17-/m0/s1. The molecule has 2 aromatic rings. The minimum absolute atomic E-state index is 0.00131. The molecule has 2 fully saturated rings. The Hall–Kier alpha value is -3.37. The van der Waals surface area contributed by atoms with Crippen LogP contribution in [0, 0.1) is 12.7 Å². The number of pyridine rings is 1. The number of carbonyl (C=O) groups excluding carboxylic acids is 2. The number of hydrogen-bond donors (Lipinski definition) is 2. The van der Waals surface area contributed by atoms with Crippen LogP contribution in [-0.4, -0.2) is 70.9 Å². The maximum Gasteiger partial charge on any atom is 0.326 e. The number of aliphatic carboxylic acids is 1. The first-order chi connectivity index (χ1) is 15.3. The summed E-state index contributed by atoms with van der Waals surface area (Å²) in [5.74, 6) is -4.68. The van der Waals surface area contributed by atoms with E-state index < -0.39 is 47.7 Å². The largest absolute Gasteiger partial charge is 0.480 e. The predicted octanol–water partition coefficient (Wildman–Crippen LogP) is 1.35. The average Bonchev–Trinajstić information content (AvgIpc) is 3.39. The molecule has 1 aromatic heterocycles. The number of hydrogen-bond acceptors (Lipinski definition) is 6. The number of aromatic nitrogens is 1. The minimum Gasteiger partial charge on any atom is -0.480 e. The molecule has 0 bridgehead atoms. The van der Waals surface area contributed by atoms with E-state index in [1.54, 1.807) is 0 Å². The second kappa shape index (κ2) is 8.64. The number of carboxylic acids is 1. The maximum atomic E-state index is 14.5. The van der Waals surface area contributed by atoms with Crippen molar-refractivity contribution in [3.8, 4) is 11.1 Å². The van der Waals surface area contributed by atoms with Crippen LogP contribution in [-0.2, 0) is 19.1 Å². The van der Waals surface area contributed by atoms with Gasteiger partial charge in [-0.15, -0.1) is 0 Å². The molecule has 10 heteroatoms. The highest BCUT2D eigenvalue weighted by atomic mass is 19.1. The van der Waals surface area contributed by atoms with E-state index in [1.807, 2.05) is 31.2 Å². The molecular weight excluding hydrogens is 421 g/mol. The second-order valence-corrected chi connectivity index (χ2v) is 7.79. The fraction of sp³-hybridized carbons (Fsp3) is 0.364. The van der Waals surface area contributed by atoms with E-state index in [1.165, 1.54) is 12.3 Å². The lowest BCUT2D eigenvalue weighted by Crippen LogP contribution is -2.46. The topological polar surface area (TPSA) is 118 Å². The van der Waals surface area contributed by atoms with Crippen LogP contribution in [0.25, 0.3) is 11.1 Å². The van der Waals surface area contributed by atoms with E-state index in [0.29, 0.717) is 18.8 Å². The molecule has 2 amide bonds. The van der Waals surface area contributed by atoms with Gasteiger partial charge in [-0.2, -0.15) is 0 Å². The van der Waals surface area contributed by atoms with E-state index in [2.05, 4.69) is 10.3 Å². The van der Waals surface area contributed by atoms with Crippen LogP contribution in [0.5, 0.6) is 0 Å². The van der Waals surface area contributed by atoms with Crippen LogP contribution < -0.4 is 5.32 Å². The SMILES string of the molecule is Cc1ccc(-c2cnc(C(=O)NCC(=O)N3CC4(C[C@H]3C(=O)O)OCCO4)c(F)c2)cc1. The summed E-state index contributed by atoms with van der Waals surface area (Å²) in [4.78, 5) is 41.6. The number of likely N-dealkylation sites (tertiary alicyclic amines) is 1. The Bertz CT molecular complexity index is 1050. The second-order valence-electron chi connectivity index (χ2n) is 7.79. The van der Waals surface area contributed by atoms with Crippen molar-refractivity contribution in [2.24, 2.45) is 0 Å². The van der Waals surface area contributed by atoms with Crippen LogP contribution in [0.2, 0.25) is 0 Å². The van der Waals surface area contributed by atoms with Crippen molar-refractivity contribution in [2.45, 2.75) is 25.2 Å². The molecule has 0 radical (unpaired) electrons. The van der Waals surface area contributed by atoms with E-state index in [0.717, 1.165) is 16.0 Å². The lowest BCUT2D eigenvalue weighted by atomic mass is 10.1. The van der Waals surface area contributed by atoms with Gasteiger partial charge in [0, 0.05) is 18.2 Å². The third kappa shape index (κ3) is 4.32. The van der Waals surface area contributed by atoms with E-state index in [4.69, 9.17) is 9.47 Å². The summed E-state index contributed by atoms with van der Waals surface area (Å²) in [6.07, 6.45) is 1.38. The fourth-order valence-electron chi connectivity index (χ4n) is 3.88. The van der Waals surface area contributed by atoms with Crippen molar-refractivity contribution in [1.82, 2.24) is 15.2 Å². The monoisotopic (exact) mass is 443 g/mol. The lowest BCUT2D eigenvalue weighted by molar-refractivity contribution is -0.152. The Morgan fingerprint density at radius 3 is 2.53 bits per heavy atom. The summed E-state index contributed by atoms with van der Waals surface area (Å²) in [5, 5.41) is 11.8. The smallest absolute Gasteiger partial charge is 0.326 e. The number of amides is 2. The zero-order valence-electron chi connectivity index (χ0n) is 17.3. The highest BCUT2D eigenvalue weighted by Gasteiger charge is 2.52. The highest BCUT2D eigenvalue weighted by molar-refractivity contribution is 5.96. The lowest BCUT2D eigenvalue weighted by Gasteiger charge is -2.23. The minimum atomic E-state index is -1.19. The first-order valence-corrected chi connectivity index (χ1v) is 10.1. The first-order valence-electron chi connectivity index (χ1n) is 10.1. The average molecular weight is 443 g/mol. The molecule has 2 aliphatic heterocycles. The number of rotatable bonds is 5. The summed E-state index contributed by atoms with van der Waals surface area (Å²) in [6.45, 7) is 1.99. The van der Waals surface area contributed by atoms with Gasteiger partial charge < -0.3 is 24.8 Å². The number of carboxylic acid groups (broad SMARTS) is 1. The molecule has 1 aromatic carbocycles. The van der Waals surface area contributed by atoms with Crippen LogP contribution in [0.1, 0.15) is 22.5 Å². The van der Waals surface area contributed by atoms with Gasteiger partial charge in [-0.05, 0) is 18.6 Å². The number of halogens is 1. The van der Waals surface area contributed by atoms with Gasteiger partial charge in [-0.3, -0.25) is 9.59 Å². The zero-order valence-corrected chi connectivity index (χ0v) is 17.3. The van der Waals surface area contributed by atoms with E-state index in [9.17, 15) is 23.9 Å². The molecule has 2 N–H and O–H groups in total. The number of nitrogens with one attached hydrogen (secondary N) is 1. The summed E-state index contributed by atoms with van der Waals surface area (Å²) in [7, 11) is 0. The van der Waals surface area contributed by atoms with Crippen molar-refractivity contribution in [1.29, 1.82) is 0 Å². The van der Waals surface area contributed by atoms with Crippen LogP contribution >= 0.6 is 0 Å². The molecule has 1 spiro atoms. The predicted molar refractivity (Wildman–Crippen MR) is 109 cm³/mol. The summed E-state index contributed by atoms with van der Waals surface area (Å²) < 4.78 is 25.5. The zero-order chi connectivity index (χ0) is 22.9. The van der Waals surface area contributed by atoms with Gasteiger partial charge in [-0.1, -0.05) is 29.8 Å². The molecule has 4 rings (SSSR count). The Morgan fingerprint density at radius 1 is 1.22 bits per heavy atom. The Morgan fingerprint density at radius 2 is 1.91 bits per heavy atom. The quantitative estimate of drug-likeness (QED) is 0.716. The van der Waals surface area contributed by atoms with Gasteiger partial charge in [-0.25, -0.2) is 14.2 Å². The van der Waals surface area contributed by atoms with Gasteiger partial charge >= 0.3 is 5.97 Å². The normalized spacial score (nSPS) is 19.3. The number of carbonyl (C=O) groups is 3. The Balaban J connectivity index is 1.41. The molecule has 9 nitrogen and oxygen atoms in total. The first kappa shape index (κ1) is 21.8. The molecule has 168 valence electrons. The summed E-state index contributed by atoms with van der Waals surface area (Å²) in [5.41, 5.74) is 1.87. The molecule has 1 atom stereocenters. The van der Waals surface area contributed by atoms with Gasteiger partial charge in [0.1, 0.15) is 6.04 Å². The number of ether oxygens (including phenoxy) is 2. The third-order valence-corrected chi connectivity index (χ3v) is 5.55. The van der Waals surface area contributed by atoms with Crippen molar-refractivity contribution in [2.75, 3.05) is 26.3 Å². The fourth-order valence-corrected chi connectivity index (χ4v) is 3.88.